The predicted octanol–water partition coefficient (Wildman–Crippen LogP) is 2.50. The minimum atomic E-state index is -1.14. The average Bonchev–Trinajstić information content (AvgIpc) is 2.35. The Labute approximate surface area is 110 Å². The number of hydrogen-bond donors (Lipinski definition) is 1. The molecule has 1 amide bonds. The van der Waals surface area contributed by atoms with E-state index in [9.17, 15) is 9.59 Å². The van der Waals surface area contributed by atoms with Gasteiger partial charge in [0.25, 0.3) is 0 Å². The van der Waals surface area contributed by atoms with Crippen LogP contribution < -0.4 is 0 Å². The van der Waals surface area contributed by atoms with Crippen molar-refractivity contribution in [1.29, 1.82) is 0 Å². The van der Waals surface area contributed by atoms with E-state index >= 15 is 0 Å². The van der Waals surface area contributed by atoms with Gasteiger partial charge in [0.2, 0.25) is 5.91 Å². The molecule has 0 aliphatic carbocycles. The molecule has 0 aromatic heterocycles. The van der Waals surface area contributed by atoms with Crippen LogP contribution in [0.5, 0.6) is 0 Å². The standard InChI is InChI=1S/C13H14ClNO3/c1-9(10-3-5-11(14)6-4-10)15(2)12(16)7-8-13(17)18/h3-9H,1-2H3,(H,17,18)/b8-7+. The molecule has 0 heterocycles. The molecule has 4 nitrogen and oxygen atoms in total. The number of rotatable bonds is 4. The van der Waals surface area contributed by atoms with Gasteiger partial charge in [-0.3, -0.25) is 4.79 Å². The number of hydrogen-bond acceptors (Lipinski definition) is 2. The number of likely N-dealkylation sites (N-methyl/N-ethyl adjacent to an activating group) is 1. The molecule has 0 spiro atoms. The summed E-state index contributed by atoms with van der Waals surface area (Å²) < 4.78 is 0. The fraction of sp³-hybridized carbons (Fsp3) is 0.231. The van der Waals surface area contributed by atoms with Gasteiger partial charge < -0.3 is 10.0 Å². The summed E-state index contributed by atoms with van der Waals surface area (Å²) in [7, 11) is 1.62. The third-order valence-electron chi connectivity index (χ3n) is 2.65. The SMILES string of the molecule is CC(c1ccc(Cl)cc1)N(C)C(=O)/C=C/C(=O)O. The highest BCUT2D eigenvalue weighted by atomic mass is 35.5. The lowest BCUT2D eigenvalue weighted by molar-refractivity contribution is -0.132. The van der Waals surface area contributed by atoms with E-state index in [0.29, 0.717) is 5.02 Å². The van der Waals surface area contributed by atoms with Crippen molar-refractivity contribution in [2.24, 2.45) is 0 Å². The molecule has 1 N–H and O–H groups in total. The van der Waals surface area contributed by atoms with Crippen LogP contribution in [0.25, 0.3) is 0 Å². The molecule has 5 heteroatoms. The van der Waals surface area contributed by atoms with Crippen LogP contribution in [0.1, 0.15) is 18.5 Å². The number of halogens is 1. The van der Waals surface area contributed by atoms with Gasteiger partial charge in [0.15, 0.2) is 0 Å². The Morgan fingerprint density at radius 2 is 1.83 bits per heavy atom. The summed E-state index contributed by atoms with van der Waals surface area (Å²) in [4.78, 5) is 23.5. The summed E-state index contributed by atoms with van der Waals surface area (Å²) in [5.41, 5.74) is 0.930. The van der Waals surface area contributed by atoms with E-state index in [0.717, 1.165) is 17.7 Å². The molecule has 0 radical (unpaired) electrons. The molecular formula is C13H14ClNO3. The maximum atomic E-state index is 11.7. The summed E-state index contributed by atoms with van der Waals surface area (Å²) in [5, 5.41) is 9.09. The lowest BCUT2D eigenvalue weighted by Crippen LogP contribution is -2.28. The molecule has 1 aromatic carbocycles. The Morgan fingerprint density at radius 3 is 2.33 bits per heavy atom. The van der Waals surface area contributed by atoms with Crippen LogP contribution in [-0.2, 0) is 9.59 Å². The summed E-state index contributed by atoms with van der Waals surface area (Å²) in [5.74, 6) is -1.50. The number of aliphatic carboxylic acids is 1. The molecule has 0 aliphatic heterocycles. The van der Waals surface area contributed by atoms with Crippen molar-refractivity contribution in [1.82, 2.24) is 4.90 Å². The fourth-order valence-electron chi connectivity index (χ4n) is 1.42. The van der Waals surface area contributed by atoms with E-state index in [4.69, 9.17) is 16.7 Å². The van der Waals surface area contributed by atoms with E-state index in [2.05, 4.69) is 0 Å². The first-order chi connectivity index (χ1) is 8.41. The van der Waals surface area contributed by atoms with E-state index in [1.165, 1.54) is 4.90 Å². The number of carbonyl (C=O) groups is 2. The van der Waals surface area contributed by atoms with Gasteiger partial charge in [-0.1, -0.05) is 23.7 Å². The predicted molar refractivity (Wildman–Crippen MR) is 69.4 cm³/mol. The zero-order valence-electron chi connectivity index (χ0n) is 10.1. The van der Waals surface area contributed by atoms with Crippen LogP contribution in [0, 0.1) is 0 Å². The molecular weight excluding hydrogens is 254 g/mol. The maximum absolute atomic E-state index is 11.7. The van der Waals surface area contributed by atoms with Gasteiger partial charge in [-0.05, 0) is 24.6 Å². The zero-order chi connectivity index (χ0) is 13.7. The van der Waals surface area contributed by atoms with Crippen molar-refractivity contribution in [3.8, 4) is 0 Å². The Morgan fingerprint density at radius 1 is 1.28 bits per heavy atom. The quantitative estimate of drug-likeness (QED) is 0.853. The lowest BCUT2D eigenvalue weighted by atomic mass is 10.1. The average molecular weight is 268 g/mol. The molecule has 0 saturated heterocycles. The Balaban J connectivity index is 2.77. The number of carboxylic acids is 1. The molecule has 1 aromatic rings. The number of nitrogens with zero attached hydrogens (tertiary/aromatic N) is 1. The van der Waals surface area contributed by atoms with Crippen molar-refractivity contribution in [3.05, 3.63) is 47.0 Å². The highest BCUT2D eigenvalue weighted by Crippen LogP contribution is 2.20. The van der Waals surface area contributed by atoms with E-state index in [1.807, 2.05) is 19.1 Å². The monoisotopic (exact) mass is 267 g/mol. The van der Waals surface area contributed by atoms with Crippen molar-refractivity contribution in [2.45, 2.75) is 13.0 Å². The summed E-state index contributed by atoms with van der Waals surface area (Å²) in [6, 6.07) is 7.00. The van der Waals surface area contributed by atoms with Crippen molar-refractivity contribution < 1.29 is 14.7 Å². The molecule has 18 heavy (non-hydrogen) atoms. The van der Waals surface area contributed by atoms with Crippen LogP contribution in [0.15, 0.2) is 36.4 Å². The van der Waals surface area contributed by atoms with Gasteiger partial charge >= 0.3 is 5.97 Å². The Hall–Kier alpha value is -1.81. The minimum absolute atomic E-state index is 0.159. The first kappa shape index (κ1) is 14.3. The third-order valence-corrected chi connectivity index (χ3v) is 2.90. The highest BCUT2D eigenvalue weighted by Gasteiger charge is 2.15. The van der Waals surface area contributed by atoms with Gasteiger partial charge in [0, 0.05) is 24.2 Å². The number of amides is 1. The zero-order valence-corrected chi connectivity index (χ0v) is 10.9. The topological polar surface area (TPSA) is 57.6 Å². The smallest absolute Gasteiger partial charge is 0.328 e. The van der Waals surface area contributed by atoms with Gasteiger partial charge in [0.05, 0.1) is 6.04 Å². The van der Waals surface area contributed by atoms with Gasteiger partial charge in [-0.2, -0.15) is 0 Å². The lowest BCUT2D eigenvalue weighted by Gasteiger charge is -2.24. The first-order valence-corrected chi connectivity index (χ1v) is 5.73. The molecule has 0 fully saturated rings. The number of carboxylic acid groups (broad SMARTS) is 1. The maximum Gasteiger partial charge on any atom is 0.328 e. The van der Waals surface area contributed by atoms with Crippen LogP contribution in [0.3, 0.4) is 0 Å². The number of benzene rings is 1. The van der Waals surface area contributed by atoms with E-state index < -0.39 is 5.97 Å². The van der Waals surface area contributed by atoms with Crippen LogP contribution in [-0.4, -0.2) is 28.9 Å². The summed E-state index contributed by atoms with van der Waals surface area (Å²) in [6.07, 6.45) is 1.86. The van der Waals surface area contributed by atoms with E-state index in [1.54, 1.807) is 19.2 Å². The van der Waals surface area contributed by atoms with Gasteiger partial charge in [-0.25, -0.2) is 4.79 Å². The normalized spacial score (nSPS) is 12.4. The summed E-state index contributed by atoms with van der Waals surface area (Å²) >= 11 is 5.79. The Bertz CT molecular complexity index is 468. The molecule has 96 valence electrons. The first-order valence-electron chi connectivity index (χ1n) is 5.35. The second kappa shape index (κ2) is 6.21. The molecule has 1 rings (SSSR count). The minimum Gasteiger partial charge on any atom is -0.478 e. The largest absolute Gasteiger partial charge is 0.478 e. The van der Waals surface area contributed by atoms with Gasteiger partial charge in [-0.15, -0.1) is 0 Å². The molecule has 1 atom stereocenters. The van der Waals surface area contributed by atoms with Crippen molar-refractivity contribution in [2.75, 3.05) is 7.05 Å². The van der Waals surface area contributed by atoms with Crippen molar-refractivity contribution >= 4 is 23.5 Å². The van der Waals surface area contributed by atoms with Gasteiger partial charge in [0.1, 0.15) is 0 Å². The van der Waals surface area contributed by atoms with Crippen LogP contribution in [0.2, 0.25) is 5.02 Å². The molecule has 0 bridgehead atoms. The summed E-state index contributed by atoms with van der Waals surface area (Å²) in [6.45, 7) is 1.86. The van der Waals surface area contributed by atoms with Crippen molar-refractivity contribution in [3.63, 3.8) is 0 Å². The molecule has 1 unspecified atom stereocenters. The van der Waals surface area contributed by atoms with Crippen LogP contribution >= 0.6 is 11.6 Å². The number of carbonyl (C=O) groups excluding carboxylic acids is 1. The second-order valence-electron chi connectivity index (χ2n) is 3.85. The highest BCUT2D eigenvalue weighted by molar-refractivity contribution is 6.30. The van der Waals surface area contributed by atoms with E-state index in [-0.39, 0.29) is 11.9 Å². The Kier molecular flexibility index (Phi) is 4.92. The van der Waals surface area contributed by atoms with Crippen LogP contribution in [0.4, 0.5) is 0 Å². The third kappa shape index (κ3) is 3.89. The molecule has 0 aliphatic rings. The fourth-order valence-corrected chi connectivity index (χ4v) is 1.54. The molecule has 0 saturated carbocycles. The second-order valence-corrected chi connectivity index (χ2v) is 4.28.